The van der Waals surface area contributed by atoms with Gasteiger partial charge in [0.05, 0.1) is 11.2 Å². The third-order valence-electron chi connectivity index (χ3n) is 2.25. The van der Waals surface area contributed by atoms with Crippen LogP contribution in [0.4, 0.5) is 4.39 Å². The lowest BCUT2D eigenvalue weighted by molar-refractivity contribution is 0.0690. The molecule has 0 atom stereocenters. The highest BCUT2D eigenvalue weighted by molar-refractivity contribution is 6.33. The molecule has 0 amide bonds. The summed E-state index contributed by atoms with van der Waals surface area (Å²) in [4.78, 5) is 18.6. The quantitative estimate of drug-likeness (QED) is 0.927. The second kappa shape index (κ2) is 5.10. The van der Waals surface area contributed by atoms with Crippen LogP contribution in [0.15, 0.2) is 30.5 Å². The average molecular weight is 267 g/mol. The molecule has 0 radical (unpaired) electrons. The van der Waals surface area contributed by atoms with Crippen LogP contribution in [-0.2, 0) is 6.42 Å². The summed E-state index contributed by atoms with van der Waals surface area (Å²) in [5.74, 6) is -1.30. The van der Waals surface area contributed by atoms with Crippen molar-refractivity contribution in [3.63, 3.8) is 0 Å². The molecule has 18 heavy (non-hydrogen) atoms. The Morgan fingerprint density at radius 2 is 2.22 bits per heavy atom. The highest BCUT2D eigenvalue weighted by Gasteiger charge is 2.12. The molecular formula is C12H8ClFN2O2. The number of nitrogens with zero attached hydrogens (tertiary/aromatic N) is 2. The Morgan fingerprint density at radius 3 is 2.89 bits per heavy atom. The normalized spacial score (nSPS) is 10.3. The molecular weight excluding hydrogens is 259 g/mol. The lowest BCUT2D eigenvalue weighted by Crippen LogP contribution is -2.06. The Morgan fingerprint density at radius 1 is 1.44 bits per heavy atom. The summed E-state index contributed by atoms with van der Waals surface area (Å²) in [6.45, 7) is 0. The van der Waals surface area contributed by atoms with Crippen LogP contribution in [0.1, 0.15) is 21.9 Å². The monoisotopic (exact) mass is 266 g/mol. The van der Waals surface area contributed by atoms with Gasteiger partial charge >= 0.3 is 5.97 Å². The molecule has 1 aromatic heterocycles. The Labute approximate surface area is 107 Å². The SMILES string of the molecule is O=C(O)c1nc(Cc2cccc(F)c2)ncc1Cl. The molecule has 2 rings (SSSR count). The Bertz CT molecular complexity index is 604. The van der Waals surface area contributed by atoms with Crippen LogP contribution in [-0.4, -0.2) is 21.0 Å². The van der Waals surface area contributed by atoms with Crippen molar-refractivity contribution in [1.29, 1.82) is 0 Å². The topological polar surface area (TPSA) is 63.1 Å². The van der Waals surface area contributed by atoms with Crippen molar-refractivity contribution >= 4 is 17.6 Å². The molecule has 1 heterocycles. The van der Waals surface area contributed by atoms with E-state index in [9.17, 15) is 9.18 Å². The van der Waals surface area contributed by atoms with E-state index in [4.69, 9.17) is 16.7 Å². The zero-order chi connectivity index (χ0) is 13.1. The van der Waals surface area contributed by atoms with E-state index in [-0.39, 0.29) is 28.8 Å². The second-order valence-corrected chi connectivity index (χ2v) is 4.00. The molecule has 2 aromatic rings. The first-order chi connectivity index (χ1) is 8.56. The van der Waals surface area contributed by atoms with Crippen molar-refractivity contribution in [3.05, 3.63) is 58.4 Å². The molecule has 0 saturated heterocycles. The molecule has 1 aromatic carbocycles. The van der Waals surface area contributed by atoms with Gasteiger partial charge in [0.15, 0.2) is 5.69 Å². The lowest BCUT2D eigenvalue weighted by atomic mass is 10.1. The molecule has 4 nitrogen and oxygen atoms in total. The highest BCUT2D eigenvalue weighted by atomic mass is 35.5. The molecule has 0 spiro atoms. The molecule has 0 aliphatic heterocycles. The van der Waals surface area contributed by atoms with Gasteiger partial charge < -0.3 is 5.11 Å². The van der Waals surface area contributed by atoms with Crippen molar-refractivity contribution in [2.45, 2.75) is 6.42 Å². The first-order valence-corrected chi connectivity index (χ1v) is 5.43. The maximum atomic E-state index is 13.0. The van der Waals surface area contributed by atoms with Gasteiger partial charge in [0.2, 0.25) is 0 Å². The van der Waals surface area contributed by atoms with Crippen molar-refractivity contribution in [2.24, 2.45) is 0 Å². The molecule has 1 N–H and O–H groups in total. The number of carboxylic acid groups (broad SMARTS) is 1. The Balaban J connectivity index is 2.30. The molecule has 92 valence electrons. The molecule has 0 fully saturated rings. The zero-order valence-corrected chi connectivity index (χ0v) is 9.86. The summed E-state index contributed by atoms with van der Waals surface area (Å²) >= 11 is 5.65. The number of carboxylic acids is 1. The molecule has 6 heteroatoms. The second-order valence-electron chi connectivity index (χ2n) is 3.59. The first-order valence-electron chi connectivity index (χ1n) is 5.05. The minimum absolute atomic E-state index is 0.0227. The molecule has 0 aliphatic rings. The summed E-state index contributed by atoms with van der Waals surface area (Å²) in [5.41, 5.74) is 0.409. The standard InChI is InChI=1S/C12H8ClFN2O2/c13-9-6-15-10(16-11(9)12(17)18)5-7-2-1-3-8(14)4-7/h1-4,6H,5H2,(H,17,18). The minimum Gasteiger partial charge on any atom is -0.476 e. The molecule has 0 unspecified atom stereocenters. The van der Waals surface area contributed by atoms with Gasteiger partial charge in [-0.1, -0.05) is 23.7 Å². The number of carbonyl (C=O) groups is 1. The van der Waals surface area contributed by atoms with Gasteiger partial charge in [-0.05, 0) is 17.7 Å². The van der Waals surface area contributed by atoms with Crippen LogP contribution >= 0.6 is 11.6 Å². The number of hydrogen-bond donors (Lipinski definition) is 1. The van der Waals surface area contributed by atoms with Crippen LogP contribution in [0.5, 0.6) is 0 Å². The van der Waals surface area contributed by atoms with Crippen molar-refractivity contribution in [1.82, 2.24) is 9.97 Å². The van der Waals surface area contributed by atoms with Gasteiger partial charge in [-0.3, -0.25) is 0 Å². The van der Waals surface area contributed by atoms with Crippen LogP contribution in [0.25, 0.3) is 0 Å². The van der Waals surface area contributed by atoms with E-state index in [1.807, 2.05) is 0 Å². The molecule has 0 aliphatic carbocycles. The van der Waals surface area contributed by atoms with Gasteiger partial charge in [-0.15, -0.1) is 0 Å². The Kier molecular flexibility index (Phi) is 3.53. The minimum atomic E-state index is -1.22. The summed E-state index contributed by atoms with van der Waals surface area (Å²) in [7, 11) is 0. The fraction of sp³-hybridized carbons (Fsp3) is 0.0833. The highest BCUT2D eigenvalue weighted by Crippen LogP contribution is 2.14. The van der Waals surface area contributed by atoms with E-state index < -0.39 is 5.97 Å². The molecule has 0 bridgehead atoms. The first kappa shape index (κ1) is 12.4. The number of benzene rings is 1. The van der Waals surface area contributed by atoms with E-state index >= 15 is 0 Å². The number of aromatic carboxylic acids is 1. The number of rotatable bonds is 3. The zero-order valence-electron chi connectivity index (χ0n) is 9.10. The molecule has 0 saturated carbocycles. The van der Waals surface area contributed by atoms with Crippen LogP contribution in [0.3, 0.4) is 0 Å². The van der Waals surface area contributed by atoms with Gasteiger partial charge in [0, 0.05) is 6.42 Å². The van der Waals surface area contributed by atoms with E-state index in [1.54, 1.807) is 12.1 Å². The lowest BCUT2D eigenvalue weighted by Gasteiger charge is -2.03. The van der Waals surface area contributed by atoms with Crippen LogP contribution in [0.2, 0.25) is 5.02 Å². The van der Waals surface area contributed by atoms with Crippen molar-refractivity contribution in [3.8, 4) is 0 Å². The predicted molar refractivity (Wildman–Crippen MR) is 63.2 cm³/mol. The van der Waals surface area contributed by atoms with Crippen LogP contribution < -0.4 is 0 Å². The summed E-state index contributed by atoms with van der Waals surface area (Å²) < 4.78 is 13.0. The summed E-state index contributed by atoms with van der Waals surface area (Å²) in [5, 5.41) is 8.84. The average Bonchev–Trinajstić information content (AvgIpc) is 2.31. The number of aromatic nitrogens is 2. The third-order valence-corrected chi connectivity index (χ3v) is 2.52. The largest absolute Gasteiger partial charge is 0.476 e. The van der Waals surface area contributed by atoms with Gasteiger partial charge in [-0.25, -0.2) is 19.2 Å². The third kappa shape index (κ3) is 2.81. The number of halogens is 2. The fourth-order valence-corrected chi connectivity index (χ4v) is 1.64. The van der Waals surface area contributed by atoms with Crippen molar-refractivity contribution in [2.75, 3.05) is 0 Å². The van der Waals surface area contributed by atoms with Gasteiger partial charge in [0.1, 0.15) is 11.6 Å². The maximum Gasteiger partial charge on any atom is 0.356 e. The smallest absolute Gasteiger partial charge is 0.356 e. The fourth-order valence-electron chi connectivity index (χ4n) is 1.47. The van der Waals surface area contributed by atoms with E-state index in [0.717, 1.165) is 0 Å². The van der Waals surface area contributed by atoms with Gasteiger partial charge in [0.25, 0.3) is 0 Å². The van der Waals surface area contributed by atoms with E-state index in [0.29, 0.717) is 5.56 Å². The van der Waals surface area contributed by atoms with E-state index in [1.165, 1.54) is 18.3 Å². The maximum absolute atomic E-state index is 13.0. The number of hydrogen-bond acceptors (Lipinski definition) is 3. The Hall–Kier alpha value is -2.01. The van der Waals surface area contributed by atoms with Crippen LogP contribution in [0, 0.1) is 5.82 Å². The summed E-state index contributed by atoms with van der Waals surface area (Å²) in [6.07, 6.45) is 1.47. The van der Waals surface area contributed by atoms with E-state index in [2.05, 4.69) is 9.97 Å². The predicted octanol–water partition coefficient (Wildman–Crippen LogP) is 2.56. The summed E-state index contributed by atoms with van der Waals surface area (Å²) in [6, 6.07) is 5.95. The van der Waals surface area contributed by atoms with Gasteiger partial charge in [-0.2, -0.15) is 0 Å². The van der Waals surface area contributed by atoms with Crippen molar-refractivity contribution < 1.29 is 14.3 Å².